The van der Waals surface area contributed by atoms with Crippen LogP contribution in [0.1, 0.15) is 5.56 Å². The average Bonchev–Trinajstić information content (AvgIpc) is 3.25. The molecule has 3 aromatic carbocycles. The lowest BCUT2D eigenvalue weighted by molar-refractivity contribution is -0.113. The first-order valence-electron chi connectivity index (χ1n) is 9.90. The first-order valence-corrected chi connectivity index (χ1v) is 11.3. The minimum atomic E-state index is -0.147. The zero-order valence-corrected chi connectivity index (χ0v) is 19.2. The summed E-state index contributed by atoms with van der Waals surface area (Å²) in [5.41, 5.74) is 3.34. The number of carbonyl (C=O) groups is 1. The smallest absolute Gasteiger partial charge is 0.234 e. The van der Waals surface area contributed by atoms with Crippen LogP contribution in [0.25, 0.3) is 17.1 Å². The monoisotopic (exact) mass is 464 g/mol. The van der Waals surface area contributed by atoms with Gasteiger partial charge >= 0.3 is 0 Å². The predicted molar refractivity (Wildman–Crippen MR) is 129 cm³/mol. The highest BCUT2D eigenvalue weighted by Gasteiger charge is 2.17. The number of amides is 1. The normalized spacial score (nSPS) is 10.7. The number of benzene rings is 3. The summed E-state index contributed by atoms with van der Waals surface area (Å²) in [5.74, 6) is 1.48. The molecule has 0 aliphatic carbocycles. The fourth-order valence-corrected chi connectivity index (χ4v) is 4.09. The molecule has 0 atom stereocenters. The van der Waals surface area contributed by atoms with Gasteiger partial charge in [-0.25, -0.2) is 0 Å². The van der Waals surface area contributed by atoms with Gasteiger partial charge in [0, 0.05) is 22.0 Å². The Morgan fingerprint density at radius 3 is 2.50 bits per heavy atom. The van der Waals surface area contributed by atoms with Gasteiger partial charge in [0.2, 0.25) is 5.91 Å². The summed E-state index contributed by atoms with van der Waals surface area (Å²) >= 11 is 7.47. The van der Waals surface area contributed by atoms with E-state index in [-0.39, 0.29) is 11.7 Å². The summed E-state index contributed by atoms with van der Waals surface area (Å²) in [7, 11) is 1.63. The van der Waals surface area contributed by atoms with Crippen LogP contribution in [0.3, 0.4) is 0 Å². The molecule has 0 saturated heterocycles. The zero-order chi connectivity index (χ0) is 22.5. The molecule has 1 aromatic heterocycles. The third-order valence-electron chi connectivity index (χ3n) is 4.87. The number of carbonyl (C=O) groups excluding carboxylic acids is 1. The highest BCUT2D eigenvalue weighted by atomic mass is 35.5. The quantitative estimate of drug-likeness (QED) is 0.359. The van der Waals surface area contributed by atoms with Crippen LogP contribution in [-0.2, 0) is 4.79 Å². The van der Waals surface area contributed by atoms with Crippen LogP contribution in [0.15, 0.2) is 78.0 Å². The molecular formula is C24H21ClN4O2S. The van der Waals surface area contributed by atoms with Crippen molar-refractivity contribution in [1.29, 1.82) is 0 Å². The molecule has 0 unspecified atom stereocenters. The third kappa shape index (κ3) is 4.79. The summed E-state index contributed by atoms with van der Waals surface area (Å²) in [5, 5.41) is 12.9. The Morgan fingerprint density at radius 2 is 1.78 bits per heavy atom. The number of nitrogens with zero attached hydrogens (tertiary/aromatic N) is 3. The van der Waals surface area contributed by atoms with E-state index in [0.717, 1.165) is 22.6 Å². The van der Waals surface area contributed by atoms with E-state index < -0.39 is 0 Å². The maximum absolute atomic E-state index is 12.6. The van der Waals surface area contributed by atoms with Gasteiger partial charge in [0.1, 0.15) is 5.75 Å². The van der Waals surface area contributed by atoms with E-state index in [0.29, 0.717) is 21.7 Å². The molecule has 32 heavy (non-hydrogen) atoms. The van der Waals surface area contributed by atoms with Crippen LogP contribution < -0.4 is 10.1 Å². The largest absolute Gasteiger partial charge is 0.497 e. The van der Waals surface area contributed by atoms with E-state index >= 15 is 0 Å². The fraction of sp³-hybridized carbons (Fsp3) is 0.125. The van der Waals surface area contributed by atoms with Crippen molar-refractivity contribution in [3.63, 3.8) is 0 Å². The van der Waals surface area contributed by atoms with Gasteiger partial charge in [0.15, 0.2) is 11.0 Å². The summed E-state index contributed by atoms with van der Waals surface area (Å²) in [6, 6.07) is 22.9. The van der Waals surface area contributed by atoms with Crippen molar-refractivity contribution < 1.29 is 9.53 Å². The zero-order valence-electron chi connectivity index (χ0n) is 17.6. The van der Waals surface area contributed by atoms with Crippen LogP contribution in [0.4, 0.5) is 5.69 Å². The molecule has 0 aliphatic rings. The van der Waals surface area contributed by atoms with Crippen LogP contribution in [0.5, 0.6) is 5.75 Å². The molecule has 8 heteroatoms. The van der Waals surface area contributed by atoms with Gasteiger partial charge in [0.25, 0.3) is 0 Å². The number of hydrogen-bond donors (Lipinski definition) is 1. The predicted octanol–water partition coefficient (Wildman–Crippen LogP) is 5.64. The molecule has 1 N–H and O–H groups in total. The van der Waals surface area contributed by atoms with Crippen LogP contribution >= 0.6 is 23.4 Å². The van der Waals surface area contributed by atoms with Crippen LogP contribution in [0, 0.1) is 6.92 Å². The van der Waals surface area contributed by atoms with Crippen molar-refractivity contribution >= 4 is 35.0 Å². The van der Waals surface area contributed by atoms with E-state index in [2.05, 4.69) is 15.5 Å². The minimum absolute atomic E-state index is 0.147. The van der Waals surface area contributed by atoms with E-state index in [1.807, 2.05) is 78.2 Å². The molecule has 1 heterocycles. The Bertz CT molecular complexity index is 1230. The van der Waals surface area contributed by atoms with Crippen LogP contribution in [0.2, 0.25) is 5.02 Å². The van der Waals surface area contributed by atoms with Crippen molar-refractivity contribution in [2.24, 2.45) is 0 Å². The van der Waals surface area contributed by atoms with Crippen molar-refractivity contribution in [2.45, 2.75) is 12.1 Å². The number of nitrogens with one attached hydrogen (secondary N) is 1. The Balaban J connectivity index is 1.60. The molecule has 0 fully saturated rings. The maximum atomic E-state index is 12.6. The van der Waals surface area contributed by atoms with Crippen molar-refractivity contribution in [1.82, 2.24) is 14.8 Å². The maximum Gasteiger partial charge on any atom is 0.234 e. The third-order valence-corrected chi connectivity index (χ3v) is 6.21. The molecule has 0 bridgehead atoms. The number of halogens is 1. The van der Waals surface area contributed by atoms with Gasteiger partial charge in [-0.1, -0.05) is 59.8 Å². The highest BCUT2D eigenvalue weighted by molar-refractivity contribution is 7.99. The molecule has 6 nitrogen and oxygen atoms in total. The highest BCUT2D eigenvalue weighted by Crippen LogP contribution is 2.29. The van der Waals surface area contributed by atoms with E-state index in [9.17, 15) is 4.79 Å². The first kappa shape index (κ1) is 21.9. The van der Waals surface area contributed by atoms with E-state index in [4.69, 9.17) is 16.3 Å². The number of methoxy groups -OCH3 is 1. The van der Waals surface area contributed by atoms with E-state index in [1.165, 1.54) is 11.8 Å². The first-order chi connectivity index (χ1) is 15.6. The van der Waals surface area contributed by atoms with Crippen molar-refractivity contribution in [3.8, 4) is 22.8 Å². The second-order valence-electron chi connectivity index (χ2n) is 6.95. The van der Waals surface area contributed by atoms with Gasteiger partial charge in [-0.2, -0.15) is 0 Å². The summed E-state index contributed by atoms with van der Waals surface area (Å²) in [6.45, 7) is 1.87. The Morgan fingerprint density at radius 1 is 1.03 bits per heavy atom. The number of ether oxygens (including phenoxy) is 1. The molecule has 4 aromatic rings. The molecule has 0 spiro atoms. The lowest BCUT2D eigenvalue weighted by Gasteiger charge is -2.12. The number of hydrogen-bond acceptors (Lipinski definition) is 5. The standard InChI is InChI=1S/C24H21ClN4O2S/c1-16-20(25)9-6-10-21(16)26-22(30)15-32-24-28-27-23(17-7-4-3-5-8-17)29(24)18-11-13-19(31-2)14-12-18/h3-14H,15H2,1-2H3,(H,26,30). The Hall–Kier alpha value is -3.29. The van der Waals surface area contributed by atoms with Crippen LogP contribution in [-0.4, -0.2) is 33.5 Å². The summed E-state index contributed by atoms with van der Waals surface area (Å²) in [6.07, 6.45) is 0. The molecular weight excluding hydrogens is 444 g/mol. The van der Waals surface area contributed by atoms with Gasteiger partial charge in [-0.3, -0.25) is 9.36 Å². The molecule has 0 radical (unpaired) electrons. The summed E-state index contributed by atoms with van der Waals surface area (Å²) in [4.78, 5) is 12.6. The van der Waals surface area contributed by atoms with Gasteiger partial charge < -0.3 is 10.1 Å². The summed E-state index contributed by atoms with van der Waals surface area (Å²) < 4.78 is 7.22. The van der Waals surface area contributed by atoms with Gasteiger partial charge in [0.05, 0.1) is 12.9 Å². The number of anilines is 1. The Kier molecular flexibility index (Phi) is 6.78. The van der Waals surface area contributed by atoms with Crippen molar-refractivity contribution in [3.05, 3.63) is 83.4 Å². The fourth-order valence-electron chi connectivity index (χ4n) is 3.16. The SMILES string of the molecule is COc1ccc(-n2c(SCC(=O)Nc3cccc(Cl)c3C)nnc2-c2ccccc2)cc1. The molecule has 4 rings (SSSR count). The Labute approximate surface area is 195 Å². The van der Waals surface area contributed by atoms with Gasteiger partial charge in [-0.05, 0) is 48.9 Å². The van der Waals surface area contributed by atoms with E-state index in [1.54, 1.807) is 13.2 Å². The topological polar surface area (TPSA) is 69.0 Å². The lowest BCUT2D eigenvalue weighted by atomic mass is 10.2. The number of thioether (sulfide) groups is 1. The van der Waals surface area contributed by atoms with Gasteiger partial charge in [-0.15, -0.1) is 10.2 Å². The van der Waals surface area contributed by atoms with Crippen molar-refractivity contribution in [2.75, 3.05) is 18.2 Å². The minimum Gasteiger partial charge on any atom is -0.497 e. The molecule has 162 valence electrons. The second-order valence-corrected chi connectivity index (χ2v) is 8.30. The number of aromatic nitrogens is 3. The average molecular weight is 465 g/mol. The molecule has 0 saturated carbocycles. The molecule has 0 aliphatic heterocycles. The number of rotatable bonds is 7. The lowest BCUT2D eigenvalue weighted by Crippen LogP contribution is -2.15. The molecule has 1 amide bonds. The second kappa shape index (κ2) is 9.89.